The van der Waals surface area contributed by atoms with Gasteiger partial charge in [0.05, 0.1) is 0 Å². The zero-order chi connectivity index (χ0) is 27.3. The molecule has 0 bridgehead atoms. The highest BCUT2D eigenvalue weighted by molar-refractivity contribution is 6.39. The molecule has 11 nitrogen and oxygen atoms in total. The maximum atomic E-state index is 12.6. The average Bonchev–Trinajstić information content (AvgIpc) is 3.65. The topological polar surface area (TPSA) is 144 Å². The van der Waals surface area contributed by atoms with Crippen LogP contribution in [0, 0.1) is 0 Å². The fourth-order valence-electron chi connectivity index (χ4n) is 3.73. The average molecular weight is 531 g/mol. The van der Waals surface area contributed by atoms with Crippen LogP contribution in [0.2, 0.25) is 0 Å². The van der Waals surface area contributed by atoms with Crippen molar-refractivity contribution in [2.24, 2.45) is 0 Å². The fraction of sp³-hybridized carbons (Fsp3) is 0.333. The molecular formula is C24H24F3N7O4. The van der Waals surface area contributed by atoms with Gasteiger partial charge in [-0.15, -0.1) is 0 Å². The largest absolute Gasteiger partial charge is 0.490 e. The minimum Gasteiger partial charge on any atom is -0.475 e. The first kappa shape index (κ1) is 26.6. The molecule has 3 aromatic rings. The van der Waals surface area contributed by atoms with Crippen molar-refractivity contribution in [1.82, 2.24) is 25.1 Å². The monoisotopic (exact) mass is 531 g/mol. The summed E-state index contributed by atoms with van der Waals surface area (Å²) in [6.45, 7) is 2.34. The smallest absolute Gasteiger partial charge is 0.475 e. The van der Waals surface area contributed by atoms with Gasteiger partial charge in [0.15, 0.2) is 5.82 Å². The SMILES string of the molecule is O=C(Nc1cccc(-c2n[nH]c(C3CC3)n2)c1)C(=O)N1CCN(c2ccncc2)CC1.O=C(O)C(F)(F)F. The van der Waals surface area contributed by atoms with Crippen molar-refractivity contribution in [1.29, 1.82) is 0 Å². The number of pyridine rings is 1. The molecule has 2 amide bonds. The minimum absolute atomic E-state index is 0.487. The number of amides is 2. The Morgan fingerprint density at radius 3 is 2.29 bits per heavy atom. The number of piperazine rings is 1. The molecule has 0 spiro atoms. The summed E-state index contributed by atoms with van der Waals surface area (Å²) in [6, 6.07) is 11.1. The summed E-state index contributed by atoms with van der Waals surface area (Å²) in [5, 5.41) is 17.1. The number of aromatic amines is 1. The second-order valence-corrected chi connectivity index (χ2v) is 8.64. The highest BCUT2D eigenvalue weighted by Gasteiger charge is 2.38. The molecule has 0 unspecified atom stereocenters. The third-order valence-corrected chi connectivity index (χ3v) is 5.88. The highest BCUT2D eigenvalue weighted by Crippen LogP contribution is 2.38. The highest BCUT2D eigenvalue weighted by atomic mass is 19.4. The van der Waals surface area contributed by atoms with Gasteiger partial charge in [-0.3, -0.25) is 19.7 Å². The molecule has 1 saturated heterocycles. The molecule has 1 saturated carbocycles. The number of rotatable bonds is 4. The van der Waals surface area contributed by atoms with Crippen LogP contribution < -0.4 is 10.2 Å². The maximum absolute atomic E-state index is 12.6. The summed E-state index contributed by atoms with van der Waals surface area (Å²) in [7, 11) is 0. The fourth-order valence-corrected chi connectivity index (χ4v) is 3.73. The number of nitrogens with one attached hydrogen (secondary N) is 2. The normalized spacial score (nSPS) is 15.3. The number of halogens is 3. The van der Waals surface area contributed by atoms with E-state index in [4.69, 9.17) is 9.90 Å². The van der Waals surface area contributed by atoms with Crippen LogP contribution in [0.15, 0.2) is 48.8 Å². The van der Waals surface area contributed by atoms with E-state index in [1.165, 1.54) is 0 Å². The van der Waals surface area contributed by atoms with Crippen LogP contribution in [0.1, 0.15) is 24.6 Å². The summed E-state index contributed by atoms with van der Waals surface area (Å²) in [6.07, 6.45) is 0.701. The van der Waals surface area contributed by atoms with E-state index in [1.54, 1.807) is 29.4 Å². The van der Waals surface area contributed by atoms with Crippen molar-refractivity contribution < 1.29 is 32.7 Å². The third kappa shape index (κ3) is 6.83. The number of hydrogen-bond donors (Lipinski definition) is 3. The summed E-state index contributed by atoms with van der Waals surface area (Å²) in [4.78, 5) is 46.4. The zero-order valence-electron chi connectivity index (χ0n) is 20.0. The third-order valence-electron chi connectivity index (χ3n) is 5.88. The number of anilines is 2. The molecule has 1 aliphatic carbocycles. The standard InChI is InChI=1S/C22H23N7O2.C2HF3O2/c30-21(22(31)29-12-10-28(11-13-29)18-6-8-23-9-7-18)24-17-3-1-2-16(14-17)20-25-19(26-27-20)15-4-5-15;3-2(4,5)1(6)7/h1-3,6-9,14-15H,4-5,10-13H2,(H,24,30)(H,25,26,27);(H,6,7). The van der Waals surface area contributed by atoms with E-state index >= 15 is 0 Å². The first-order chi connectivity index (χ1) is 18.1. The van der Waals surface area contributed by atoms with Crippen molar-refractivity contribution in [2.45, 2.75) is 24.9 Å². The van der Waals surface area contributed by atoms with E-state index in [0.29, 0.717) is 43.6 Å². The number of nitrogens with zero attached hydrogens (tertiary/aromatic N) is 5. The Kier molecular flexibility index (Phi) is 7.88. The molecule has 1 aliphatic heterocycles. The molecule has 38 heavy (non-hydrogen) atoms. The molecule has 14 heteroatoms. The molecular weight excluding hydrogens is 507 g/mol. The lowest BCUT2D eigenvalue weighted by molar-refractivity contribution is -0.192. The van der Waals surface area contributed by atoms with Gasteiger partial charge < -0.3 is 20.2 Å². The predicted molar refractivity (Wildman–Crippen MR) is 129 cm³/mol. The quantitative estimate of drug-likeness (QED) is 0.436. The molecule has 2 fully saturated rings. The first-order valence-electron chi connectivity index (χ1n) is 11.7. The number of H-pyrrole nitrogens is 1. The number of alkyl halides is 3. The number of carboxylic acid groups (broad SMARTS) is 1. The van der Waals surface area contributed by atoms with E-state index in [9.17, 15) is 22.8 Å². The van der Waals surface area contributed by atoms with Gasteiger partial charge >= 0.3 is 24.0 Å². The van der Waals surface area contributed by atoms with Crippen LogP contribution in [0.5, 0.6) is 0 Å². The number of aliphatic carboxylic acids is 1. The molecule has 0 atom stereocenters. The van der Waals surface area contributed by atoms with E-state index in [-0.39, 0.29) is 0 Å². The van der Waals surface area contributed by atoms with Gasteiger partial charge in [-0.2, -0.15) is 18.3 Å². The Balaban J connectivity index is 0.000000426. The molecule has 2 aliphatic rings. The zero-order valence-corrected chi connectivity index (χ0v) is 20.0. The van der Waals surface area contributed by atoms with Gasteiger partial charge in [0.2, 0.25) is 0 Å². The Morgan fingerprint density at radius 2 is 1.68 bits per heavy atom. The Hall–Kier alpha value is -4.49. The second kappa shape index (κ2) is 11.3. The van der Waals surface area contributed by atoms with E-state index in [1.807, 2.05) is 24.3 Å². The van der Waals surface area contributed by atoms with Crippen molar-refractivity contribution >= 4 is 29.2 Å². The molecule has 3 N–H and O–H groups in total. The maximum Gasteiger partial charge on any atom is 0.490 e. The summed E-state index contributed by atoms with van der Waals surface area (Å²) in [5.74, 6) is -1.92. The van der Waals surface area contributed by atoms with Gasteiger partial charge in [-0.1, -0.05) is 12.1 Å². The lowest BCUT2D eigenvalue weighted by Crippen LogP contribution is -2.51. The van der Waals surface area contributed by atoms with Crippen LogP contribution in [0.4, 0.5) is 24.5 Å². The van der Waals surface area contributed by atoms with Gasteiger partial charge in [0.1, 0.15) is 5.82 Å². The van der Waals surface area contributed by atoms with Crippen LogP contribution in [-0.4, -0.2) is 80.3 Å². The summed E-state index contributed by atoms with van der Waals surface area (Å²) >= 11 is 0. The number of hydrogen-bond acceptors (Lipinski definition) is 7. The van der Waals surface area contributed by atoms with Gasteiger partial charge in [-0.05, 0) is 37.1 Å². The lowest BCUT2D eigenvalue weighted by Gasteiger charge is -2.35. The molecule has 5 rings (SSSR count). The summed E-state index contributed by atoms with van der Waals surface area (Å²) < 4.78 is 31.7. The van der Waals surface area contributed by atoms with Crippen LogP contribution in [0.25, 0.3) is 11.4 Å². The molecule has 1 aromatic carbocycles. The van der Waals surface area contributed by atoms with Crippen molar-refractivity contribution in [3.63, 3.8) is 0 Å². The molecule has 200 valence electrons. The van der Waals surface area contributed by atoms with Gasteiger partial charge in [0, 0.05) is 61.4 Å². The van der Waals surface area contributed by atoms with Crippen LogP contribution in [-0.2, 0) is 14.4 Å². The number of benzene rings is 1. The van der Waals surface area contributed by atoms with Crippen molar-refractivity contribution in [3.05, 3.63) is 54.6 Å². The van der Waals surface area contributed by atoms with Crippen molar-refractivity contribution in [2.75, 3.05) is 36.4 Å². The van der Waals surface area contributed by atoms with Gasteiger partial charge in [-0.25, -0.2) is 9.78 Å². The van der Waals surface area contributed by atoms with Crippen LogP contribution >= 0.6 is 0 Å². The molecule has 0 radical (unpaired) electrons. The van der Waals surface area contributed by atoms with Crippen molar-refractivity contribution in [3.8, 4) is 11.4 Å². The second-order valence-electron chi connectivity index (χ2n) is 8.64. The molecule has 3 heterocycles. The Labute approximate surface area is 214 Å². The number of carboxylic acids is 1. The minimum atomic E-state index is -5.08. The van der Waals surface area contributed by atoms with E-state index < -0.39 is 24.0 Å². The van der Waals surface area contributed by atoms with Crippen LogP contribution in [0.3, 0.4) is 0 Å². The Bertz CT molecular complexity index is 1290. The number of carbonyl (C=O) groups is 3. The summed E-state index contributed by atoms with van der Waals surface area (Å²) in [5.41, 5.74) is 2.41. The number of aromatic nitrogens is 4. The number of carbonyl (C=O) groups excluding carboxylic acids is 2. The Morgan fingerprint density at radius 1 is 1.03 bits per heavy atom. The predicted octanol–water partition coefficient (Wildman–Crippen LogP) is 2.66. The molecule has 2 aromatic heterocycles. The van der Waals surface area contributed by atoms with E-state index in [0.717, 1.165) is 29.9 Å². The van der Waals surface area contributed by atoms with E-state index in [2.05, 4.69) is 30.4 Å². The van der Waals surface area contributed by atoms with Gasteiger partial charge in [0.25, 0.3) is 0 Å². The lowest BCUT2D eigenvalue weighted by atomic mass is 10.2. The first-order valence-corrected chi connectivity index (χ1v) is 11.7.